The molecule has 2 aromatic rings. The number of rotatable bonds is 7. The van der Waals surface area contributed by atoms with Gasteiger partial charge in [0, 0.05) is 44.4 Å². The van der Waals surface area contributed by atoms with Gasteiger partial charge < -0.3 is 24.4 Å². The molecule has 2 amide bonds. The van der Waals surface area contributed by atoms with Crippen molar-refractivity contribution in [1.29, 1.82) is 0 Å². The number of ether oxygens (including phenoxy) is 3. The molecule has 0 saturated carbocycles. The molecule has 1 heterocycles. The lowest BCUT2D eigenvalue weighted by Gasteiger charge is -2.35. The summed E-state index contributed by atoms with van der Waals surface area (Å²) in [7, 11) is 3.07. The predicted octanol–water partition coefficient (Wildman–Crippen LogP) is 4.49. The molecule has 0 unspecified atom stereocenters. The molecule has 0 bridgehead atoms. The lowest BCUT2D eigenvalue weighted by atomic mass is 10.1. The van der Waals surface area contributed by atoms with Gasteiger partial charge >= 0.3 is 6.03 Å². The van der Waals surface area contributed by atoms with Crippen molar-refractivity contribution in [3.8, 4) is 17.2 Å². The molecule has 1 fully saturated rings. The highest BCUT2D eigenvalue weighted by Gasteiger charge is 2.23. The number of para-hydroxylation sites is 1. The molecule has 1 aliphatic heterocycles. The molecular formula is C23H30ClN3O4. The molecule has 168 valence electrons. The monoisotopic (exact) mass is 447 g/mol. The van der Waals surface area contributed by atoms with Crippen LogP contribution >= 0.6 is 11.6 Å². The molecule has 1 aliphatic rings. The van der Waals surface area contributed by atoms with Crippen LogP contribution in [0.2, 0.25) is 5.02 Å². The molecule has 2 aromatic carbocycles. The molecule has 0 spiro atoms. The van der Waals surface area contributed by atoms with Crippen LogP contribution in [0.3, 0.4) is 0 Å². The highest BCUT2D eigenvalue weighted by Crippen LogP contribution is 2.36. The van der Waals surface area contributed by atoms with E-state index in [1.54, 1.807) is 17.0 Å². The Kier molecular flexibility index (Phi) is 7.87. The third kappa shape index (κ3) is 5.95. The molecule has 3 rings (SSSR count). The molecule has 0 aliphatic carbocycles. The smallest absolute Gasteiger partial charge is 0.322 e. The van der Waals surface area contributed by atoms with Crippen LogP contribution in [0.5, 0.6) is 17.2 Å². The van der Waals surface area contributed by atoms with E-state index >= 15 is 0 Å². The molecule has 1 saturated heterocycles. The first-order valence-electron chi connectivity index (χ1n) is 10.4. The fraction of sp³-hybridized carbons (Fsp3) is 0.435. The minimum Gasteiger partial charge on any atom is -0.495 e. The molecule has 1 N–H and O–H groups in total. The first-order chi connectivity index (χ1) is 14.9. The molecule has 0 atom stereocenters. The quantitative estimate of drug-likeness (QED) is 0.677. The maximum Gasteiger partial charge on any atom is 0.322 e. The topological polar surface area (TPSA) is 63.3 Å². The van der Waals surface area contributed by atoms with Gasteiger partial charge in [0.25, 0.3) is 0 Å². The minimum absolute atomic E-state index is 0.130. The van der Waals surface area contributed by atoms with E-state index in [0.29, 0.717) is 35.3 Å². The van der Waals surface area contributed by atoms with Crippen molar-refractivity contribution in [2.24, 2.45) is 0 Å². The zero-order valence-corrected chi connectivity index (χ0v) is 19.2. The van der Waals surface area contributed by atoms with Crippen molar-refractivity contribution in [2.75, 3.05) is 45.7 Å². The number of methoxy groups -OCH3 is 2. The molecular weight excluding hydrogens is 418 g/mol. The van der Waals surface area contributed by atoms with Crippen LogP contribution in [0.15, 0.2) is 36.4 Å². The number of amides is 2. The largest absolute Gasteiger partial charge is 0.495 e. The molecule has 7 nitrogen and oxygen atoms in total. The lowest BCUT2D eigenvalue weighted by Crippen LogP contribution is -2.49. The van der Waals surface area contributed by atoms with Gasteiger partial charge in [0.05, 0.1) is 31.0 Å². The summed E-state index contributed by atoms with van der Waals surface area (Å²) in [6.07, 6.45) is 0.130. The maximum absolute atomic E-state index is 12.8. The van der Waals surface area contributed by atoms with Crippen molar-refractivity contribution in [2.45, 2.75) is 26.5 Å². The summed E-state index contributed by atoms with van der Waals surface area (Å²) in [6.45, 7) is 7.67. The Morgan fingerprint density at radius 2 is 1.71 bits per heavy atom. The van der Waals surface area contributed by atoms with Crippen LogP contribution in [0, 0.1) is 0 Å². The van der Waals surface area contributed by atoms with Crippen LogP contribution in [0.1, 0.15) is 19.4 Å². The van der Waals surface area contributed by atoms with Gasteiger partial charge in [0.15, 0.2) is 0 Å². The Labute approximate surface area is 188 Å². The number of carbonyl (C=O) groups excluding carboxylic acids is 1. The van der Waals surface area contributed by atoms with Gasteiger partial charge in [0.1, 0.15) is 17.2 Å². The first-order valence-corrected chi connectivity index (χ1v) is 10.7. The van der Waals surface area contributed by atoms with Crippen LogP contribution < -0.4 is 19.5 Å². The number of halogens is 1. The van der Waals surface area contributed by atoms with E-state index in [1.807, 2.05) is 32.0 Å². The van der Waals surface area contributed by atoms with Gasteiger partial charge in [-0.2, -0.15) is 0 Å². The Morgan fingerprint density at radius 1 is 1.03 bits per heavy atom. The number of benzene rings is 2. The average Bonchev–Trinajstić information content (AvgIpc) is 2.75. The number of anilines is 1. The summed E-state index contributed by atoms with van der Waals surface area (Å²) in [5.41, 5.74) is 1.67. The van der Waals surface area contributed by atoms with Crippen molar-refractivity contribution >= 4 is 23.3 Å². The van der Waals surface area contributed by atoms with Crippen LogP contribution in [0.4, 0.5) is 10.5 Å². The first kappa shape index (κ1) is 23.0. The van der Waals surface area contributed by atoms with Gasteiger partial charge in [-0.3, -0.25) is 4.90 Å². The summed E-state index contributed by atoms with van der Waals surface area (Å²) in [4.78, 5) is 16.9. The lowest BCUT2D eigenvalue weighted by molar-refractivity contribution is 0.141. The standard InChI is InChI=1S/C23H30ClN3O4/c1-16(2)31-20-8-6-5-7-17(20)15-26-9-11-27(12-10-26)23(28)25-19-13-18(24)21(29-3)14-22(19)30-4/h5-8,13-14,16H,9-12,15H2,1-4H3,(H,25,28). The average molecular weight is 448 g/mol. The van der Waals surface area contributed by atoms with Crippen LogP contribution in [-0.2, 0) is 6.54 Å². The summed E-state index contributed by atoms with van der Waals surface area (Å²) < 4.78 is 16.5. The van der Waals surface area contributed by atoms with Crippen molar-refractivity contribution < 1.29 is 19.0 Å². The minimum atomic E-state index is -0.178. The highest BCUT2D eigenvalue weighted by molar-refractivity contribution is 6.32. The van der Waals surface area contributed by atoms with E-state index in [1.165, 1.54) is 14.2 Å². The van der Waals surface area contributed by atoms with Crippen LogP contribution in [-0.4, -0.2) is 62.3 Å². The van der Waals surface area contributed by atoms with Gasteiger partial charge in [-0.15, -0.1) is 0 Å². The Morgan fingerprint density at radius 3 is 2.35 bits per heavy atom. The van der Waals surface area contributed by atoms with Gasteiger partial charge in [-0.25, -0.2) is 4.79 Å². The van der Waals surface area contributed by atoms with E-state index in [0.717, 1.165) is 30.9 Å². The number of hydrogen-bond donors (Lipinski definition) is 1. The second kappa shape index (κ2) is 10.6. The van der Waals surface area contributed by atoms with E-state index in [9.17, 15) is 4.79 Å². The highest BCUT2D eigenvalue weighted by atomic mass is 35.5. The number of nitrogens with zero attached hydrogens (tertiary/aromatic N) is 2. The Balaban J connectivity index is 1.58. The van der Waals surface area contributed by atoms with Crippen molar-refractivity contribution in [3.05, 3.63) is 47.0 Å². The second-order valence-electron chi connectivity index (χ2n) is 7.65. The van der Waals surface area contributed by atoms with Gasteiger partial charge in [-0.05, 0) is 26.0 Å². The molecule has 0 aromatic heterocycles. The van der Waals surface area contributed by atoms with Gasteiger partial charge in [-0.1, -0.05) is 29.8 Å². The number of urea groups is 1. The number of hydrogen-bond acceptors (Lipinski definition) is 5. The third-order valence-electron chi connectivity index (χ3n) is 5.10. The Hall–Kier alpha value is -2.64. The normalized spacial score (nSPS) is 14.5. The summed E-state index contributed by atoms with van der Waals surface area (Å²) >= 11 is 6.21. The second-order valence-corrected chi connectivity index (χ2v) is 8.06. The fourth-order valence-electron chi connectivity index (χ4n) is 3.51. The van der Waals surface area contributed by atoms with Crippen molar-refractivity contribution in [1.82, 2.24) is 9.80 Å². The summed E-state index contributed by atoms with van der Waals surface area (Å²) in [5, 5.41) is 3.31. The molecule has 31 heavy (non-hydrogen) atoms. The zero-order valence-electron chi connectivity index (χ0n) is 18.5. The SMILES string of the molecule is COc1cc(OC)c(NC(=O)N2CCN(Cc3ccccc3OC(C)C)CC2)cc1Cl. The van der Waals surface area contributed by atoms with Gasteiger partial charge in [0.2, 0.25) is 0 Å². The number of carbonyl (C=O) groups is 1. The number of nitrogens with one attached hydrogen (secondary N) is 1. The summed E-state index contributed by atoms with van der Waals surface area (Å²) in [5.74, 6) is 1.91. The molecule has 8 heteroatoms. The van der Waals surface area contributed by atoms with E-state index < -0.39 is 0 Å². The zero-order chi connectivity index (χ0) is 22.4. The van der Waals surface area contributed by atoms with Crippen LogP contribution in [0.25, 0.3) is 0 Å². The summed E-state index contributed by atoms with van der Waals surface area (Å²) in [6, 6.07) is 11.2. The fourth-order valence-corrected chi connectivity index (χ4v) is 3.75. The maximum atomic E-state index is 12.8. The Bertz CT molecular complexity index is 898. The molecule has 0 radical (unpaired) electrons. The van der Waals surface area contributed by atoms with Crippen molar-refractivity contribution in [3.63, 3.8) is 0 Å². The number of piperazine rings is 1. The predicted molar refractivity (Wildman–Crippen MR) is 123 cm³/mol. The van der Waals surface area contributed by atoms with E-state index in [4.69, 9.17) is 25.8 Å². The van der Waals surface area contributed by atoms with E-state index in [2.05, 4.69) is 16.3 Å². The third-order valence-corrected chi connectivity index (χ3v) is 5.40. The van der Waals surface area contributed by atoms with E-state index in [-0.39, 0.29) is 12.1 Å².